The molecule has 4 heteroatoms. The van der Waals surface area contributed by atoms with Gasteiger partial charge in [-0.05, 0) is 33.6 Å². The smallest absolute Gasteiger partial charge is 0.142 e. The minimum atomic E-state index is 0.382. The van der Waals surface area contributed by atoms with Crippen molar-refractivity contribution >= 4 is 26.8 Å². The molecule has 0 saturated heterocycles. The lowest BCUT2D eigenvalue weighted by Gasteiger charge is -2.05. The molecule has 76 valence electrons. The molecular formula is C11H9BrN2O. The standard InChI is InChI=1S/C11H9BrN2O/c1-15-11-8(12)2-3-9-10(11)7(4-5-13)6-14-9/h2-3,6,14H,4H2,1H3. The fourth-order valence-corrected chi connectivity index (χ4v) is 2.15. The van der Waals surface area contributed by atoms with E-state index in [-0.39, 0.29) is 0 Å². The lowest BCUT2D eigenvalue weighted by Crippen LogP contribution is -1.87. The van der Waals surface area contributed by atoms with Gasteiger partial charge in [-0.25, -0.2) is 0 Å². The maximum Gasteiger partial charge on any atom is 0.142 e. The van der Waals surface area contributed by atoms with E-state index in [9.17, 15) is 0 Å². The fourth-order valence-electron chi connectivity index (χ4n) is 1.66. The van der Waals surface area contributed by atoms with Crippen LogP contribution in [0, 0.1) is 11.3 Å². The number of benzene rings is 1. The molecule has 0 amide bonds. The zero-order valence-electron chi connectivity index (χ0n) is 8.17. The van der Waals surface area contributed by atoms with Crippen LogP contribution < -0.4 is 4.74 Å². The molecule has 0 unspecified atom stereocenters. The van der Waals surface area contributed by atoms with Gasteiger partial charge in [0.1, 0.15) is 5.75 Å². The van der Waals surface area contributed by atoms with Crippen molar-refractivity contribution < 1.29 is 4.74 Å². The Morgan fingerprint density at radius 3 is 3.00 bits per heavy atom. The van der Waals surface area contributed by atoms with Crippen molar-refractivity contribution in [1.29, 1.82) is 5.26 Å². The molecule has 0 aliphatic carbocycles. The number of nitriles is 1. The normalized spacial score (nSPS) is 10.2. The van der Waals surface area contributed by atoms with E-state index in [4.69, 9.17) is 10.00 Å². The summed E-state index contributed by atoms with van der Waals surface area (Å²) in [4.78, 5) is 3.12. The van der Waals surface area contributed by atoms with Crippen LogP contribution in [0.5, 0.6) is 5.75 Å². The number of ether oxygens (including phenoxy) is 1. The van der Waals surface area contributed by atoms with Crippen molar-refractivity contribution in [3.63, 3.8) is 0 Å². The molecule has 0 fully saturated rings. The van der Waals surface area contributed by atoms with Crippen LogP contribution in [-0.4, -0.2) is 12.1 Å². The SMILES string of the molecule is COc1c(Br)ccc2[nH]cc(CC#N)c12. The van der Waals surface area contributed by atoms with Crippen LogP contribution in [0.2, 0.25) is 0 Å². The third kappa shape index (κ3) is 1.59. The predicted molar refractivity (Wildman–Crippen MR) is 61.9 cm³/mol. The molecule has 1 aromatic heterocycles. The van der Waals surface area contributed by atoms with Crippen molar-refractivity contribution in [2.75, 3.05) is 7.11 Å². The van der Waals surface area contributed by atoms with Crippen molar-refractivity contribution in [3.05, 3.63) is 28.4 Å². The van der Waals surface area contributed by atoms with Gasteiger partial charge in [-0.3, -0.25) is 0 Å². The molecule has 3 nitrogen and oxygen atoms in total. The lowest BCUT2D eigenvalue weighted by molar-refractivity contribution is 0.417. The van der Waals surface area contributed by atoms with Gasteiger partial charge in [0.15, 0.2) is 0 Å². The number of nitrogens with one attached hydrogen (secondary N) is 1. The Balaban J connectivity index is 2.76. The Hall–Kier alpha value is -1.47. The summed E-state index contributed by atoms with van der Waals surface area (Å²) in [6, 6.07) is 6.03. The second kappa shape index (κ2) is 3.95. The fraction of sp³-hybridized carbons (Fsp3) is 0.182. The summed E-state index contributed by atoms with van der Waals surface area (Å²) < 4.78 is 6.23. The van der Waals surface area contributed by atoms with Crippen molar-refractivity contribution in [3.8, 4) is 11.8 Å². The number of aromatic nitrogens is 1. The minimum absolute atomic E-state index is 0.382. The van der Waals surface area contributed by atoms with Gasteiger partial charge in [-0.1, -0.05) is 0 Å². The van der Waals surface area contributed by atoms with Crippen LogP contribution in [0.15, 0.2) is 22.8 Å². The van der Waals surface area contributed by atoms with Crippen LogP contribution in [0.25, 0.3) is 10.9 Å². The number of nitrogens with zero attached hydrogens (tertiary/aromatic N) is 1. The Morgan fingerprint density at radius 1 is 1.53 bits per heavy atom. The summed E-state index contributed by atoms with van der Waals surface area (Å²) in [6.07, 6.45) is 2.23. The monoisotopic (exact) mass is 264 g/mol. The first-order chi connectivity index (χ1) is 7.27. The molecule has 15 heavy (non-hydrogen) atoms. The van der Waals surface area contributed by atoms with Crippen LogP contribution in [0.4, 0.5) is 0 Å². The Morgan fingerprint density at radius 2 is 2.33 bits per heavy atom. The first-order valence-electron chi connectivity index (χ1n) is 4.47. The summed E-state index contributed by atoms with van der Waals surface area (Å²) in [5.74, 6) is 0.777. The summed E-state index contributed by atoms with van der Waals surface area (Å²) in [6.45, 7) is 0. The summed E-state index contributed by atoms with van der Waals surface area (Å²) in [5, 5.41) is 9.69. The van der Waals surface area contributed by atoms with Gasteiger partial charge in [-0.15, -0.1) is 0 Å². The van der Waals surface area contributed by atoms with Gasteiger partial charge in [0.05, 0.1) is 24.1 Å². The third-order valence-electron chi connectivity index (χ3n) is 2.31. The second-order valence-corrected chi connectivity index (χ2v) is 4.01. The molecule has 2 aromatic rings. The first kappa shape index (κ1) is 10.1. The maximum atomic E-state index is 8.71. The van der Waals surface area contributed by atoms with Crippen LogP contribution in [0.3, 0.4) is 0 Å². The van der Waals surface area contributed by atoms with Crippen LogP contribution in [-0.2, 0) is 6.42 Å². The second-order valence-electron chi connectivity index (χ2n) is 3.15. The molecule has 0 bridgehead atoms. The van der Waals surface area contributed by atoms with E-state index >= 15 is 0 Å². The number of halogens is 1. The molecule has 1 aromatic carbocycles. The minimum Gasteiger partial charge on any atom is -0.495 e. The Bertz CT molecular complexity index is 539. The summed E-state index contributed by atoms with van der Waals surface area (Å²) >= 11 is 3.43. The number of H-pyrrole nitrogens is 1. The Labute approximate surface area is 95.8 Å². The van der Waals surface area contributed by atoms with E-state index in [2.05, 4.69) is 27.0 Å². The van der Waals surface area contributed by atoms with Gasteiger partial charge >= 0.3 is 0 Å². The third-order valence-corrected chi connectivity index (χ3v) is 2.93. The zero-order valence-corrected chi connectivity index (χ0v) is 9.76. The predicted octanol–water partition coefficient (Wildman–Crippen LogP) is 3.01. The van der Waals surface area contributed by atoms with Crippen molar-refractivity contribution in [2.45, 2.75) is 6.42 Å². The van der Waals surface area contributed by atoms with Crippen molar-refractivity contribution in [1.82, 2.24) is 4.98 Å². The van der Waals surface area contributed by atoms with Gasteiger partial charge in [0.25, 0.3) is 0 Å². The lowest BCUT2D eigenvalue weighted by atomic mass is 10.1. The zero-order chi connectivity index (χ0) is 10.8. The Kier molecular flexibility index (Phi) is 2.65. The highest BCUT2D eigenvalue weighted by molar-refractivity contribution is 9.10. The molecule has 0 saturated carbocycles. The number of methoxy groups -OCH3 is 1. The molecule has 2 rings (SSSR count). The van der Waals surface area contributed by atoms with Gasteiger partial charge in [0.2, 0.25) is 0 Å². The van der Waals surface area contributed by atoms with E-state index in [1.807, 2.05) is 18.3 Å². The molecule has 0 spiro atoms. The summed E-state index contributed by atoms with van der Waals surface area (Å²) in [5.41, 5.74) is 1.95. The van der Waals surface area contributed by atoms with Gasteiger partial charge in [-0.2, -0.15) is 5.26 Å². The van der Waals surface area contributed by atoms with E-state index in [1.54, 1.807) is 7.11 Å². The number of hydrogen-bond donors (Lipinski definition) is 1. The topological polar surface area (TPSA) is 48.8 Å². The number of hydrogen-bond acceptors (Lipinski definition) is 2. The molecule has 1 heterocycles. The van der Waals surface area contributed by atoms with Crippen LogP contribution >= 0.6 is 15.9 Å². The van der Waals surface area contributed by atoms with Gasteiger partial charge < -0.3 is 9.72 Å². The molecule has 0 aliphatic rings. The average Bonchev–Trinajstić information content (AvgIpc) is 2.63. The van der Waals surface area contributed by atoms with E-state index in [0.29, 0.717) is 6.42 Å². The van der Waals surface area contributed by atoms with E-state index in [0.717, 1.165) is 26.7 Å². The van der Waals surface area contributed by atoms with E-state index < -0.39 is 0 Å². The average molecular weight is 265 g/mol. The maximum absolute atomic E-state index is 8.71. The quantitative estimate of drug-likeness (QED) is 0.907. The molecular weight excluding hydrogens is 256 g/mol. The first-order valence-corrected chi connectivity index (χ1v) is 5.26. The molecule has 0 radical (unpaired) electrons. The number of rotatable bonds is 2. The number of aromatic amines is 1. The van der Waals surface area contributed by atoms with Crippen LogP contribution in [0.1, 0.15) is 5.56 Å². The molecule has 1 N–H and O–H groups in total. The number of fused-ring (bicyclic) bond motifs is 1. The summed E-state index contributed by atoms with van der Waals surface area (Å²) in [7, 11) is 1.63. The van der Waals surface area contributed by atoms with E-state index in [1.165, 1.54) is 0 Å². The highest BCUT2D eigenvalue weighted by Crippen LogP contribution is 2.35. The molecule has 0 atom stereocenters. The highest BCUT2D eigenvalue weighted by atomic mass is 79.9. The molecule has 0 aliphatic heterocycles. The van der Waals surface area contributed by atoms with Crippen molar-refractivity contribution in [2.24, 2.45) is 0 Å². The largest absolute Gasteiger partial charge is 0.495 e. The highest BCUT2D eigenvalue weighted by Gasteiger charge is 2.11. The van der Waals surface area contributed by atoms with Gasteiger partial charge in [0, 0.05) is 17.1 Å².